The topological polar surface area (TPSA) is 115 Å². The van der Waals surface area contributed by atoms with Gasteiger partial charge in [0.2, 0.25) is 5.91 Å². The van der Waals surface area contributed by atoms with E-state index in [-0.39, 0.29) is 29.4 Å². The van der Waals surface area contributed by atoms with Crippen LogP contribution >= 0.6 is 0 Å². The van der Waals surface area contributed by atoms with Gasteiger partial charge < -0.3 is 14.7 Å². The van der Waals surface area contributed by atoms with Crippen LogP contribution in [0.5, 0.6) is 5.75 Å². The van der Waals surface area contributed by atoms with Gasteiger partial charge in [0.25, 0.3) is 10.0 Å². The van der Waals surface area contributed by atoms with Crippen molar-refractivity contribution >= 4 is 15.9 Å². The van der Waals surface area contributed by atoms with E-state index in [4.69, 9.17) is 0 Å². The lowest BCUT2D eigenvalue weighted by atomic mass is 10.0. The van der Waals surface area contributed by atoms with E-state index in [0.29, 0.717) is 11.3 Å². The largest absolute Gasteiger partial charge is 0.435 e. The molecule has 1 atom stereocenters. The first-order valence-electron chi connectivity index (χ1n) is 9.58. The second-order valence-electron chi connectivity index (χ2n) is 7.13. The van der Waals surface area contributed by atoms with Crippen LogP contribution in [0.1, 0.15) is 22.9 Å². The molecule has 0 bridgehead atoms. The van der Waals surface area contributed by atoms with E-state index in [9.17, 15) is 31.5 Å². The number of hydrogen-bond donors (Lipinski definition) is 1. The Balaban J connectivity index is 1.51. The molecule has 0 saturated heterocycles. The van der Waals surface area contributed by atoms with E-state index < -0.39 is 40.9 Å². The van der Waals surface area contributed by atoms with Gasteiger partial charge in [-0.15, -0.1) is 0 Å². The van der Waals surface area contributed by atoms with Crippen molar-refractivity contribution in [1.82, 2.24) is 19.1 Å². The molecular weight excluding hydrogens is 465 g/mol. The predicted octanol–water partition coefficient (Wildman–Crippen LogP) is 1.87. The summed E-state index contributed by atoms with van der Waals surface area (Å²) in [5, 5.41) is 13.7. The van der Waals surface area contributed by atoms with Crippen molar-refractivity contribution in [2.24, 2.45) is 0 Å². The minimum absolute atomic E-state index is 0.00973. The Kier molecular flexibility index (Phi) is 6.08. The molecule has 2 aromatic heterocycles. The van der Waals surface area contributed by atoms with Gasteiger partial charge in [-0.05, 0) is 36.4 Å². The number of carbonyl (C=O) groups excluding carboxylic acids is 1. The number of alkyl halides is 2. The first kappa shape index (κ1) is 22.7. The van der Waals surface area contributed by atoms with Gasteiger partial charge in [-0.1, -0.05) is 0 Å². The summed E-state index contributed by atoms with van der Waals surface area (Å²) >= 11 is 0. The second kappa shape index (κ2) is 8.83. The van der Waals surface area contributed by atoms with Crippen molar-refractivity contribution < 1.29 is 36.2 Å². The average Bonchev–Trinajstić information content (AvgIpc) is 3.35. The van der Waals surface area contributed by atoms with Gasteiger partial charge in [0.1, 0.15) is 17.5 Å². The number of hydrogen-bond acceptors (Lipinski definition) is 7. The fourth-order valence-electron chi connectivity index (χ4n) is 3.46. The van der Waals surface area contributed by atoms with E-state index in [1.54, 1.807) is 0 Å². The molecule has 3 heterocycles. The number of aromatic nitrogens is 3. The zero-order valence-electron chi connectivity index (χ0n) is 16.8. The van der Waals surface area contributed by atoms with Crippen molar-refractivity contribution in [1.29, 1.82) is 0 Å². The summed E-state index contributed by atoms with van der Waals surface area (Å²) in [5.74, 6) is -2.69. The highest BCUT2D eigenvalue weighted by Gasteiger charge is 2.34. The van der Waals surface area contributed by atoms with Gasteiger partial charge >= 0.3 is 6.61 Å². The molecule has 33 heavy (non-hydrogen) atoms. The van der Waals surface area contributed by atoms with Gasteiger partial charge in [0, 0.05) is 24.5 Å². The molecular formula is C20H17F3N4O5S. The van der Waals surface area contributed by atoms with Crippen LogP contribution in [-0.2, 0) is 27.9 Å². The van der Waals surface area contributed by atoms with Crippen LogP contribution in [-0.4, -0.2) is 51.7 Å². The number of aliphatic hydroxyl groups excluding tert-OH is 1. The van der Waals surface area contributed by atoms with Crippen molar-refractivity contribution in [3.8, 4) is 5.75 Å². The second-order valence-corrected chi connectivity index (χ2v) is 8.92. The zero-order valence-corrected chi connectivity index (χ0v) is 17.6. The van der Waals surface area contributed by atoms with Gasteiger partial charge in [-0.25, -0.2) is 4.39 Å². The third-order valence-corrected chi connectivity index (χ3v) is 6.61. The fourth-order valence-corrected chi connectivity index (χ4v) is 4.63. The van der Waals surface area contributed by atoms with Crippen LogP contribution in [0.3, 0.4) is 0 Å². The number of benzene rings is 1. The van der Waals surface area contributed by atoms with E-state index in [1.165, 1.54) is 23.4 Å². The number of amides is 1. The molecule has 3 aromatic rings. The highest BCUT2D eigenvalue weighted by atomic mass is 32.2. The standard InChI is InChI=1S/C20H17F3N4O5S/c21-16-2-1-7-24-18(16)15(11-28)19(29)26-8-12-9-27(25-17(12)10-26)33(30,31)14-5-3-13(4-6-14)32-20(22)23/h1-7,9,15,20,28H,8,10-11H2. The number of ether oxygens (including phenoxy) is 1. The van der Waals surface area contributed by atoms with Crippen LogP contribution in [0.25, 0.3) is 0 Å². The predicted molar refractivity (Wildman–Crippen MR) is 106 cm³/mol. The number of carbonyl (C=O) groups is 1. The lowest BCUT2D eigenvalue weighted by Gasteiger charge is -2.21. The number of fused-ring (bicyclic) bond motifs is 1. The molecule has 1 N–H and O–H groups in total. The van der Waals surface area contributed by atoms with Crippen LogP contribution in [0.2, 0.25) is 0 Å². The lowest BCUT2D eigenvalue weighted by molar-refractivity contribution is -0.134. The number of nitrogens with zero attached hydrogens (tertiary/aromatic N) is 4. The van der Waals surface area contributed by atoms with Crippen LogP contribution in [0.4, 0.5) is 13.2 Å². The number of halogens is 3. The van der Waals surface area contributed by atoms with Gasteiger partial charge in [-0.3, -0.25) is 9.78 Å². The molecule has 0 fully saturated rings. The van der Waals surface area contributed by atoms with Crippen molar-refractivity contribution in [2.75, 3.05) is 6.61 Å². The van der Waals surface area contributed by atoms with Crippen molar-refractivity contribution in [3.63, 3.8) is 0 Å². The quantitative estimate of drug-likeness (QED) is 0.547. The van der Waals surface area contributed by atoms with Gasteiger partial charge in [-0.2, -0.15) is 26.4 Å². The van der Waals surface area contributed by atoms with Gasteiger partial charge in [0.05, 0.1) is 29.4 Å². The molecule has 9 nitrogen and oxygen atoms in total. The Morgan fingerprint density at radius 2 is 1.91 bits per heavy atom. The van der Waals surface area contributed by atoms with Crippen LogP contribution in [0.15, 0.2) is 53.7 Å². The fraction of sp³-hybridized carbons (Fsp3) is 0.250. The smallest absolute Gasteiger partial charge is 0.387 e. The average molecular weight is 482 g/mol. The SMILES string of the molecule is O=C(C(CO)c1ncccc1F)N1Cc2cn(S(=O)(=O)c3ccc(OC(F)F)cc3)nc2C1. The third kappa shape index (κ3) is 4.41. The number of aliphatic hydroxyl groups is 1. The molecule has 0 aliphatic carbocycles. The van der Waals surface area contributed by atoms with E-state index in [0.717, 1.165) is 34.4 Å². The molecule has 1 amide bonds. The monoisotopic (exact) mass is 482 g/mol. The molecule has 1 aliphatic heterocycles. The Hall–Kier alpha value is -3.45. The molecule has 4 rings (SSSR count). The molecule has 0 spiro atoms. The van der Waals surface area contributed by atoms with E-state index >= 15 is 0 Å². The maximum absolute atomic E-state index is 14.0. The Morgan fingerprint density at radius 3 is 2.52 bits per heavy atom. The molecule has 1 aliphatic rings. The molecule has 0 saturated carbocycles. The lowest BCUT2D eigenvalue weighted by Crippen LogP contribution is -2.34. The van der Waals surface area contributed by atoms with E-state index in [1.807, 2.05) is 0 Å². The summed E-state index contributed by atoms with van der Waals surface area (Å²) in [6.45, 7) is -3.72. The first-order valence-corrected chi connectivity index (χ1v) is 11.0. The highest BCUT2D eigenvalue weighted by Crippen LogP contribution is 2.28. The maximum atomic E-state index is 14.0. The summed E-state index contributed by atoms with van der Waals surface area (Å²) in [7, 11) is -4.11. The first-order chi connectivity index (χ1) is 15.7. The van der Waals surface area contributed by atoms with Crippen LogP contribution in [0, 0.1) is 5.82 Å². The summed E-state index contributed by atoms with van der Waals surface area (Å²) < 4.78 is 69.2. The highest BCUT2D eigenvalue weighted by molar-refractivity contribution is 7.89. The normalized spacial score (nSPS) is 14.4. The summed E-state index contributed by atoms with van der Waals surface area (Å²) in [6, 6.07) is 6.93. The summed E-state index contributed by atoms with van der Waals surface area (Å²) in [4.78, 5) is 17.8. The molecule has 174 valence electrons. The molecule has 0 radical (unpaired) electrons. The minimum Gasteiger partial charge on any atom is -0.435 e. The Labute approximate surface area is 186 Å². The zero-order chi connectivity index (χ0) is 23.8. The van der Waals surface area contributed by atoms with E-state index in [2.05, 4.69) is 14.8 Å². The van der Waals surface area contributed by atoms with Crippen molar-refractivity contribution in [3.05, 3.63) is 71.6 Å². The van der Waals surface area contributed by atoms with Crippen molar-refractivity contribution in [2.45, 2.75) is 30.5 Å². The van der Waals surface area contributed by atoms with Gasteiger partial charge in [0.15, 0.2) is 0 Å². The third-order valence-electron chi connectivity index (χ3n) is 5.06. The molecule has 13 heteroatoms. The minimum atomic E-state index is -4.11. The number of rotatable bonds is 7. The van der Waals surface area contributed by atoms with Crippen LogP contribution < -0.4 is 4.74 Å². The molecule has 1 unspecified atom stereocenters. The maximum Gasteiger partial charge on any atom is 0.387 e. The summed E-state index contributed by atoms with van der Waals surface area (Å²) in [5.41, 5.74) is 0.604. The Bertz CT molecular complexity index is 1260. The Morgan fingerprint density at radius 1 is 1.18 bits per heavy atom. The molecule has 1 aromatic carbocycles. The summed E-state index contributed by atoms with van der Waals surface area (Å²) in [6.07, 6.45) is 2.56. The number of pyridine rings is 1.